The highest BCUT2D eigenvalue weighted by molar-refractivity contribution is 6.35. The van der Waals surface area contributed by atoms with Gasteiger partial charge >= 0.3 is 11.8 Å². The van der Waals surface area contributed by atoms with Gasteiger partial charge in [-0.15, -0.1) is 0 Å². The maximum atomic E-state index is 12.1. The highest BCUT2D eigenvalue weighted by atomic mass is 16.5. The van der Waals surface area contributed by atoms with Gasteiger partial charge in [0.1, 0.15) is 0 Å². The van der Waals surface area contributed by atoms with Crippen LogP contribution in [0.4, 0.5) is 0 Å². The zero-order valence-corrected chi connectivity index (χ0v) is 17.1. The molecular weight excluding hydrogens is 376 g/mol. The van der Waals surface area contributed by atoms with Crippen LogP contribution in [0, 0.1) is 0 Å². The molecule has 0 unspecified atom stereocenters. The highest BCUT2D eigenvalue weighted by Gasteiger charge is 2.19. The van der Waals surface area contributed by atoms with Gasteiger partial charge in [0.25, 0.3) is 5.91 Å². The lowest BCUT2D eigenvalue weighted by atomic mass is 10.2. The molecule has 9 heteroatoms. The Morgan fingerprint density at radius 3 is 2.52 bits per heavy atom. The summed E-state index contributed by atoms with van der Waals surface area (Å²) in [6, 6.07) is 4.93. The second-order valence-corrected chi connectivity index (χ2v) is 6.84. The molecule has 0 bridgehead atoms. The molecule has 0 saturated carbocycles. The fraction of sp³-hybridized carbons (Fsp3) is 0.500. The third kappa shape index (κ3) is 7.10. The number of hydrogen-bond donors (Lipinski definition) is 2. The van der Waals surface area contributed by atoms with Crippen molar-refractivity contribution in [2.75, 3.05) is 26.3 Å². The summed E-state index contributed by atoms with van der Waals surface area (Å²) in [4.78, 5) is 37.1. The Hall–Kier alpha value is -3.10. The second-order valence-electron chi connectivity index (χ2n) is 6.84. The molecule has 0 radical (unpaired) electrons. The Balaban J connectivity index is 1.96. The summed E-state index contributed by atoms with van der Waals surface area (Å²) in [6.07, 6.45) is 3.45. The number of hydrazone groups is 1. The lowest BCUT2D eigenvalue weighted by Gasteiger charge is -2.17. The van der Waals surface area contributed by atoms with Gasteiger partial charge in [0.15, 0.2) is 18.1 Å². The Morgan fingerprint density at radius 1 is 1.14 bits per heavy atom. The lowest BCUT2D eigenvalue weighted by Crippen LogP contribution is -2.41. The summed E-state index contributed by atoms with van der Waals surface area (Å²) in [5.41, 5.74) is 2.81. The second kappa shape index (κ2) is 11.0. The molecule has 1 saturated heterocycles. The van der Waals surface area contributed by atoms with E-state index in [4.69, 9.17) is 9.47 Å². The van der Waals surface area contributed by atoms with Crippen molar-refractivity contribution in [3.63, 3.8) is 0 Å². The maximum Gasteiger partial charge on any atom is 0.329 e. The fourth-order valence-corrected chi connectivity index (χ4v) is 2.73. The molecular formula is C20H28N4O5. The first kappa shape index (κ1) is 22.2. The Kier molecular flexibility index (Phi) is 8.45. The third-order valence-electron chi connectivity index (χ3n) is 4.08. The molecule has 1 aromatic carbocycles. The zero-order valence-electron chi connectivity index (χ0n) is 17.1. The number of nitrogens with one attached hydrogen (secondary N) is 2. The van der Waals surface area contributed by atoms with Gasteiger partial charge in [-0.1, -0.05) is 0 Å². The van der Waals surface area contributed by atoms with Crippen molar-refractivity contribution in [2.45, 2.75) is 39.7 Å². The lowest BCUT2D eigenvalue weighted by molar-refractivity contribution is -0.139. The van der Waals surface area contributed by atoms with Crippen LogP contribution in [0.15, 0.2) is 23.3 Å². The summed E-state index contributed by atoms with van der Waals surface area (Å²) in [5.74, 6) is -0.719. The van der Waals surface area contributed by atoms with Crippen LogP contribution in [-0.2, 0) is 14.4 Å². The van der Waals surface area contributed by atoms with Gasteiger partial charge in [-0.3, -0.25) is 14.4 Å². The first-order chi connectivity index (χ1) is 13.9. The number of rotatable bonds is 8. The largest absolute Gasteiger partial charge is 0.490 e. The number of benzene rings is 1. The summed E-state index contributed by atoms with van der Waals surface area (Å²) in [5, 5.41) is 6.26. The minimum Gasteiger partial charge on any atom is -0.490 e. The van der Waals surface area contributed by atoms with E-state index >= 15 is 0 Å². The van der Waals surface area contributed by atoms with Gasteiger partial charge in [0.2, 0.25) is 0 Å². The predicted octanol–water partition coefficient (Wildman–Crippen LogP) is 1.06. The Bertz CT molecular complexity index is 757. The van der Waals surface area contributed by atoms with Crippen LogP contribution in [-0.4, -0.2) is 61.2 Å². The topological polar surface area (TPSA) is 109 Å². The van der Waals surface area contributed by atoms with Crippen molar-refractivity contribution in [3.05, 3.63) is 23.8 Å². The van der Waals surface area contributed by atoms with Gasteiger partial charge in [-0.05, 0) is 57.4 Å². The smallest absolute Gasteiger partial charge is 0.329 e. The third-order valence-corrected chi connectivity index (χ3v) is 4.08. The average molecular weight is 404 g/mol. The summed E-state index contributed by atoms with van der Waals surface area (Å²) in [7, 11) is 0. The minimum absolute atomic E-state index is 0.0435. The van der Waals surface area contributed by atoms with E-state index in [0.29, 0.717) is 23.7 Å². The summed E-state index contributed by atoms with van der Waals surface area (Å²) in [6.45, 7) is 7.27. The van der Waals surface area contributed by atoms with E-state index in [2.05, 4.69) is 15.8 Å². The Labute approximate surface area is 170 Å². The van der Waals surface area contributed by atoms with Crippen molar-refractivity contribution in [1.82, 2.24) is 15.6 Å². The molecule has 0 aromatic heterocycles. The monoisotopic (exact) mass is 404 g/mol. The SMILES string of the molecule is CCOc1cc(/C=N\NC(=O)C(=O)NC(C)C)ccc1OCC(=O)N1CCCC1. The van der Waals surface area contributed by atoms with Crippen molar-refractivity contribution in [3.8, 4) is 11.5 Å². The molecule has 3 amide bonds. The molecule has 1 aliphatic heterocycles. The van der Waals surface area contributed by atoms with Crippen molar-refractivity contribution in [2.24, 2.45) is 5.10 Å². The maximum absolute atomic E-state index is 12.1. The molecule has 29 heavy (non-hydrogen) atoms. The van der Waals surface area contributed by atoms with E-state index in [1.165, 1.54) is 6.21 Å². The number of ether oxygens (including phenoxy) is 2. The first-order valence-corrected chi connectivity index (χ1v) is 9.72. The van der Waals surface area contributed by atoms with Crippen LogP contribution in [0.3, 0.4) is 0 Å². The van der Waals surface area contributed by atoms with Gasteiger partial charge in [-0.25, -0.2) is 5.43 Å². The van der Waals surface area contributed by atoms with E-state index < -0.39 is 11.8 Å². The molecule has 1 fully saturated rings. The van der Waals surface area contributed by atoms with E-state index in [1.807, 2.05) is 6.92 Å². The van der Waals surface area contributed by atoms with Gasteiger partial charge in [-0.2, -0.15) is 5.10 Å². The van der Waals surface area contributed by atoms with E-state index in [9.17, 15) is 14.4 Å². The predicted molar refractivity (Wildman–Crippen MR) is 108 cm³/mol. The fourth-order valence-electron chi connectivity index (χ4n) is 2.73. The number of carbonyl (C=O) groups is 3. The number of likely N-dealkylation sites (tertiary alicyclic amines) is 1. The minimum atomic E-state index is -0.847. The summed E-state index contributed by atoms with van der Waals surface area (Å²) < 4.78 is 11.2. The molecule has 0 spiro atoms. The molecule has 9 nitrogen and oxygen atoms in total. The molecule has 1 heterocycles. The normalized spacial score (nSPS) is 13.6. The van der Waals surface area contributed by atoms with Crippen LogP contribution in [0.25, 0.3) is 0 Å². The molecule has 1 aromatic rings. The molecule has 2 rings (SSSR count). The van der Waals surface area contributed by atoms with E-state index in [1.54, 1.807) is 36.9 Å². The Morgan fingerprint density at radius 2 is 1.86 bits per heavy atom. The van der Waals surface area contributed by atoms with Crippen LogP contribution in [0.1, 0.15) is 39.2 Å². The molecule has 0 atom stereocenters. The number of amides is 3. The molecule has 0 aliphatic carbocycles. The zero-order chi connectivity index (χ0) is 21.2. The van der Waals surface area contributed by atoms with Crippen LogP contribution < -0.4 is 20.2 Å². The molecule has 1 aliphatic rings. The highest BCUT2D eigenvalue weighted by Crippen LogP contribution is 2.28. The van der Waals surface area contributed by atoms with E-state index in [0.717, 1.165) is 25.9 Å². The number of hydrogen-bond acceptors (Lipinski definition) is 6. The average Bonchev–Trinajstić information content (AvgIpc) is 3.21. The van der Waals surface area contributed by atoms with E-state index in [-0.39, 0.29) is 18.6 Å². The van der Waals surface area contributed by atoms with Gasteiger partial charge in [0.05, 0.1) is 12.8 Å². The van der Waals surface area contributed by atoms with Crippen molar-refractivity contribution in [1.29, 1.82) is 0 Å². The van der Waals surface area contributed by atoms with Crippen LogP contribution in [0.5, 0.6) is 11.5 Å². The van der Waals surface area contributed by atoms with Crippen LogP contribution in [0.2, 0.25) is 0 Å². The number of nitrogens with zero attached hydrogens (tertiary/aromatic N) is 2. The van der Waals surface area contributed by atoms with Crippen molar-refractivity contribution >= 4 is 23.9 Å². The quantitative estimate of drug-likeness (QED) is 0.383. The summed E-state index contributed by atoms with van der Waals surface area (Å²) >= 11 is 0. The van der Waals surface area contributed by atoms with Crippen LogP contribution >= 0.6 is 0 Å². The number of carbonyl (C=O) groups excluding carboxylic acids is 3. The standard InChI is InChI=1S/C20H28N4O5/c1-4-28-17-11-15(12-21-23-20(27)19(26)22-14(2)3)7-8-16(17)29-13-18(25)24-9-5-6-10-24/h7-8,11-12,14H,4-6,9-10,13H2,1-3H3,(H,22,26)(H,23,27)/b21-12-. The molecule has 158 valence electrons. The van der Waals surface area contributed by atoms with Crippen molar-refractivity contribution < 1.29 is 23.9 Å². The van der Waals surface area contributed by atoms with Gasteiger partial charge < -0.3 is 19.7 Å². The molecule has 2 N–H and O–H groups in total. The van der Waals surface area contributed by atoms with Gasteiger partial charge in [0, 0.05) is 19.1 Å². The first-order valence-electron chi connectivity index (χ1n) is 9.72.